The maximum absolute atomic E-state index is 13.2. The molecule has 0 saturated heterocycles. The number of aromatic nitrogens is 2. The van der Waals surface area contributed by atoms with Crippen molar-refractivity contribution in [2.24, 2.45) is 7.05 Å². The highest BCUT2D eigenvalue weighted by atomic mass is 19.1. The molecule has 23 heavy (non-hydrogen) atoms. The van der Waals surface area contributed by atoms with Gasteiger partial charge in [0.15, 0.2) is 5.82 Å². The number of aryl methyl sites for hydroxylation is 2. The van der Waals surface area contributed by atoms with Crippen LogP contribution in [0.25, 0.3) is 11.0 Å². The largest absolute Gasteiger partial charge is 0.459 e. The smallest absolute Gasteiger partial charge is 0.321 e. The van der Waals surface area contributed by atoms with Crippen LogP contribution in [0.3, 0.4) is 0 Å². The molecule has 0 radical (unpaired) electrons. The SMILES string of the molecule is Cc1c(C(C)NC(=O)Nc2cc(F)n(C)n2)oc2ccccc12. The summed E-state index contributed by atoms with van der Waals surface area (Å²) in [4.78, 5) is 12.0. The topological polar surface area (TPSA) is 72.1 Å². The van der Waals surface area contributed by atoms with Crippen LogP contribution in [-0.4, -0.2) is 15.8 Å². The molecule has 0 aliphatic heterocycles. The van der Waals surface area contributed by atoms with Crippen molar-refractivity contribution in [3.05, 3.63) is 47.6 Å². The molecule has 2 aromatic heterocycles. The van der Waals surface area contributed by atoms with Gasteiger partial charge in [0.2, 0.25) is 5.95 Å². The number of anilines is 1. The minimum atomic E-state index is -0.526. The third-order valence-corrected chi connectivity index (χ3v) is 3.69. The molecule has 1 aromatic carbocycles. The van der Waals surface area contributed by atoms with Crippen LogP contribution in [0.2, 0.25) is 0 Å². The third-order valence-electron chi connectivity index (χ3n) is 3.69. The fourth-order valence-electron chi connectivity index (χ4n) is 2.53. The molecule has 2 N–H and O–H groups in total. The number of hydrogen-bond donors (Lipinski definition) is 2. The zero-order valence-electron chi connectivity index (χ0n) is 13.1. The Morgan fingerprint density at radius 1 is 1.39 bits per heavy atom. The third kappa shape index (κ3) is 2.90. The van der Waals surface area contributed by atoms with Crippen LogP contribution in [0.1, 0.15) is 24.3 Å². The lowest BCUT2D eigenvalue weighted by Gasteiger charge is -2.12. The molecule has 0 spiro atoms. The average Bonchev–Trinajstić information content (AvgIpc) is 3.00. The Balaban J connectivity index is 1.73. The first-order valence-electron chi connectivity index (χ1n) is 7.21. The Kier molecular flexibility index (Phi) is 3.77. The van der Waals surface area contributed by atoms with Gasteiger partial charge in [0, 0.05) is 24.1 Å². The molecule has 2 amide bonds. The zero-order chi connectivity index (χ0) is 16.6. The minimum Gasteiger partial charge on any atom is -0.459 e. The summed E-state index contributed by atoms with van der Waals surface area (Å²) in [6.45, 7) is 3.77. The van der Waals surface area contributed by atoms with Crippen molar-refractivity contribution < 1.29 is 13.6 Å². The molecule has 6 nitrogen and oxygen atoms in total. The van der Waals surface area contributed by atoms with Crippen LogP contribution < -0.4 is 10.6 Å². The maximum Gasteiger partial charge on any atom is 0.321 e. The van der Waals surface area contributed by atoms with Crippen LogP contribution in [0.4, 0.5) is 15.0 Å². The first-order chi connectivity index (χ1) is 11.0. The molecule has 2 heterocycles. The van der Waals surface area contributed by atoms with Crippen molar-refractivity contribution in [2.45, 2.75) is 19.9 Å². The van der Waals surface area contributed by atoms with Crippen molar-refractivity contribution in [3.63, 3.8) is 0 Å². The van der Waals surface area contributed by atoms with Gasteiger partial charge in [-0.25, -0.2) is 9.48 Å². The van der Waals surface area contributed by atoms with E-state index >= 15 is 0 Å². The quantitative estimate of drug-likeness (QED) is 0.777. The number of carbonyl (C=O) groups is 1. The van der Waals surface area contributed by atoms with Gasteiger partial charge in [0.25, 0.3) is 0 Å². The van der Waals surface area contributed by atoms with Gasteiger partial charge in [-0.05, 0) is 19.9 Å². The van der Waals surface area contributed by atoms with Gasteiger partial charge in [-0.1, -0.05) is 18.2 Å². The Morgan fingerprint density at radius 3 is 2.78 bits per heavy atom. The van der Waals surface area contributed by atoms with Crippen molar-refractivity contribution in [3.8, 4) is 0 Å². The van der Waals surface area contributed by atoms with E-state index in [1.807, 2.05) is 38.1 Å². The number of furan rings is 1. The van der Waals surface area contributed by atoms with Crippen LogP contribution in [0, 0.1) is 12.9 Å². The normalized spacial score (nSPS) is 12.3. The molecule has 1 unspecified atom stereocenters. The van der Waals surface area contributed by atoms with E-state index < -0.39 is 12.0 Å². The number of fused-ring (bicyclic) bond motifs is 1. The van der Waals surface area contributed by atoms with Crippen LogP contribution in [0.15, 0.2) is 34.7 Å². The predicted molar refractivity (Wildman–Crippen MR) is 84.7 cm³/mol. The summed E-state index contributed by atoms with van der Waals surface area (Å²) in [6, 6.07) is 8.03. The summed E-state index contributed by atoms with van der Waals surface area (Å²) in [5, 5.41) is 10.1. The molecule has 0 saturated carbocycles. The van der Waals surface area contributed by atoms with E-state index in [9.17, 15) is 9.18 Å². The fourth-order valence-corrected chi connectivity index (χ4v) is 2.53. The average molecular weight is 316 g/mol. The van der Waals surface area contributed by atoms with Gasteiger partial charge in [-0.15, -0.1) is 0 Å². The fraction of sp³-hybridized carbons (Fsp3) is 0.250. The zero-order valence-corrected chi connectivity index (χ0v) is 13.1. The Hall–Kier alpha value is -2.83. The van der Waals surface area contributed by atoms with Crippen LogP contribution in [-0.2, 0) is 7.05 Å². The maximum atomic E-state index is 13.2. The molecular weight excluding hydrogens is 299 g/mol. The summed E-state index contributed by atoms with van der Waals surface area (Å²) in [6.07, 6.45) is 0. The van der Waals surface area contributed by atoms with Gasteiger partial charge in [0.05, 0.1) is 6.04 Å². The number of amides is 2. The van der Waals surface area contributed by atoms with E-state index in [1.165, 1.54) is 7.05 Å². The Morgan fingerprint density at radius 2 is 2.13 bits per heavy atom. The van der Waals surface area contributed by atoms with Crippen LogP contribution >= 0.6 is 0 Å². The molecule has 0 fully saturated rings. The number of nitrogens with zero attached hydrogens (tertiary/aromatic N) is 2. The van der Waals surface area contributed by atoms with E-state index in [2.05, 4.69) is 15.7 Å². The number of hydrogen-bond acceptors (Lipinski definition) is 3. The molecule has 1 atom stereocenters. The van der Waals surface area contributed by atoms with E-state index in [4.69, 9.17) is 4.42 Å². The van der Waals surface area contributed by atoms with E-state index in [-0.39, 0.29) is 11.9 Å². The summed E-state index contributed by atoms with van der Waals surface area (Å²) in [5.41, 5.74) is 1.76. The second-order valence-corrected chi connectivity index (χ2v) is 5.38. The van der Waals surface area contributed by atoms with Gasteiger partial charge in [-0.2, -0.15) is 9.49 Å². The molecule has 3 rings (SSSR count). The lowest BCUT2D eigenvalue weighted by atomic mass is 10.1. The molecule has 0 bridgehead atoms. The van der Waals surface area contributed by atoms with E-state index in [0.29, 0.717) is 5.76 Å². The van der Waals surface area contributed by atoms with E-state index in [1.54, 1.807) is 0 Å². The highest BCUT2D eigenvalue weighted by molar-refractivity contribution is 5.88. The van der Waals surface area contributed by atoms with E-state index in [0.717, 1.165) is 27.3 Å². The molecule has 0 aliphatic carbocycles. The highest BCUT2D eigenvalue weighted by Crippen LogP contribution is 2.29. The molecular formula is C16H17FN4O2. The van der Waals surface area contributed by atoms with Gasteiger partial charge in [0.1, 0.15) is 11.3 Å². The second kappa shape index (κ2) is 5.75. The monoisotopic (exact) mass is 316 g/mol. The van der Waals surface area contributed by atoms with Crippen molar-refractivity contribution in [2.75, 3.05) is 5.32 Å². The number of urea groups is 1. The Labute approximate surface area is 132 Å². The summed E-state index contributed by atoms with van der Waals surface area (Å²) >= 11 is 0. The first kappa shape index (κ1) is 15.1. The van der Waals surface area contributed by atoms with Crippen molar-refractivity contribution >= 4 is 22.8 Å². The predicted octanol–water partition coefficient (Wildman–Crippen LogP) is 3.50. The van der Waals surface area contributed by atoms with Gasteiger partial charge >= 0.3 is 6.03 Å². The molecule has 7 heteroatoms. The summed E-state index contributed by atoms with van der Waals surface area (Å²) in [5.74, 6) is 0.311. The van der Waals surface area contributed by atoms with Crippen LogP contribution in [0.5, 0.6) is 0 Å². The standard InChI is InChI=1S/C16H17FN4O2/c1-9-11-6-4-5-7-12(11)23-15(9)10(2)18-16(22)19-14-8-13(17)21(3)20-14/h4-8,10H,1-3H3,(H2,18,19,20,22). The number of halogens is 1. The number of rotatable bonds is 3. The first-order valence-corrected chi connectivity index (χ1v) is 7.21. The summed E-state index contributed by atoms with van der Waals surface area (Å²) in [7, 11) is 1.46. The minimum absolute atomic E-state index is 0.149. The lowest BCUT2D eigenvalue weighted by Crippen LogP contribution is -2.31. The number of para-hydroxylation sites is 1. The number of benzene rings is 1. The number of nitrogens with one attached hydrogen (secondary N) is 2. The highest BCUT2D eigenvalue weighted by Gasteiger charge is 2.18. The second-order valence-electron chi connectivity index (χ2n) is 5.38. The summed E-state index contributed by atoms with van der Waals surface area (Å²) < 4.78 is 20.1. The lowest BCUT2D eigenvalue weighted by molar-refractivity contribution is 0.247. The van der Waals surface area contributed by atoms with Crippen molar-refractivity contribution in [1.29, 1.82) is 0 Å². The van der Waals surface area contributed by atoms with Gasteiger partial charge in [-0.3, -0.25) is 5.32 Å². The Bertz CT molecular complexity index is 849. The molecule has 3 aromatic rings. The molecule has 0 aliphatic rings. The van der Waals surface area contributed by atoms with Gasteiger partial charge < -0.3 is 9.73 Å². The number of carbonyl (C=O) groups excluding carboxylic acids is 1. The van der Waals surface area contributed by atoms with Crippen molar-refractivity contribution in [1.82, 2.24) is 15.1 Å². The molecule has 120 valence electrons.